The third kappa shape index (κ3) is 6.30. The van der Waals surface area contributed by atoms with Crippen molar-refractivity contribution in [1.29, 1.82) is 0 Å². The summed E-state index contributed by atoms with van der Waals surface area (Å²) in [6.07, 6.45) is 3.55. The van der Waals surface area contributed by atoms with Crippen LogP contribution in [-0.4, -0.2) is 46.7 Å². The van der Waals surface area contributed by atoms with Crippen LogP contribution >= 0.6 is 11.3 Å². The van der Waals surface area contributed by atoms with Crippen molar-refractivity contribution in [3.8, 4) is 0 Å². The van der Waals surface area contributed by atoms with Gasteiger partial charge in [0.1, 0.15) is 6.04 Å². The Morgan fingerprint density at radius 3 is 2.63 bits per heavy atom. The number of piperidine rings is 1. The average molecular weight is 395 g/mol. The molecule has 0 radical (unpaired) electrons. The van der Waals surface area contributed by atoms with E-state index in [1.165, 1.54) is 11.3 Å². The number of rotatable bonds is 7. The SMILES string of the molecule is CC(C)CC(=O)NC(C(=O)N1CCCC(C(=O)Nc2nccs2)C1)C(C)C. The fraction of sp³-hybridized carbons (Fsp3) is 0.684. The highest BCUT2D eigenvalue weighted by Gasteiger charge is 2.34. The van der Waals surface area contributed by atoms with Gasteiger partial charge in [0.05, 0.1) is 5.92 Å². The summed E-state index contributed by atoms with van der Waals surface area (Å²) in [4.78, 5) is 43.4. The van der Waals surface area contributed by atoms with E-state index in [0.717, 1.165) is 12.8 Å². The molecule has 1 aliphatic rings. The summed E-state index contributed by atoms with van der Waals surface area (Å²) in [7, 11) is 0. The normalized spacial score (nSPS) is 18.4. The Morgan fingerprint density at radius 1 is 1.30 bits per heavy atom. The Balaban J connectivity index is 1.98. The van der Waals surface area contributed by atoms with Crippen LogP contribution in [-0.2, 0) is 14.4 Å². The van der Waals surface area contributed by atoms with Crippen molar-refractivity contribution in [1.82, 2.24) is 15.2 Å². The molecule has 2 unspecified atom stereocenters. The summed E-state index contributed by atoms with van der Waals surface area (Å²) in [5.74, 6) is -0.348. The molecular weight excluding hydrogens is 364 g/mol. The Labute approximate surface area is 164 Å². The van der Waals surface area contributed by atoms with Crippen molar-refractivity contribution in [3.63, 3.8) is 0 Å². The maximum absolute atomic E-state index is 13.0. The molecule has 1 saturated heterocycles. The first-order chi connectivity index (χ1) is 12.8. The van der Waals surface area contributed by atoms with Crippen LogP contribution in [0.5, 0.6) is 0 Å². The predicted molar refractivity (Wildman–Crippen MR) is 106 cm³/mol. The number of hydrogen-bond donors (Lipinski definition) is 2. The molecule has 27 heavy (non-hydrogen) atoms. The number of hydrogen-bond acceptors (Lipinski definition) is 5. The molecular formula is C19H30N4O3S. The Morgan fingerprint density at radius 2 is 2.04 bits per heavy atom. The summed E-state index contributed by atoms with van der Waals surface area (Å²) in [6.45, 7) is 8.79. The smallest absolute Gasteiger partial charge is 0.245 e. The molecule has 2 atom stereocenters. The van der Waals surface area contributed by atoms with E-state index in [-0.39, 0.29) is 35.5 Å². The number of carbonyl (C=O) groups is 3. The lowest BCUT2D eigenvalue weighted by Crippen LogP contribution is -2.54. The minimum Gasteiger partial charge on any atom is -0.344 e. The fourth-order valence-corrected chi connectivity index (χ4v) is 3.73. The summed E-state index contributed by atoms with van der Waals surface area (Å²) < 4.78 is 0. The third-order valence-electron chi connectivity index (χ3n) is 4.61. The van der Waals surface area contributed by atoms with Crippen LogP contribution in [0.2, 0.25) is 0 Å². The van der Waals surface area contributed by atoms with Crippen LogP contribution in [0.3, 0.4) is 0 Å². The van der Waals surface area contributed by atoms with Crippen LogP contribution in [0.1, 0.15) is 47.0 Å². The number of carbonyl (C=O) groups excluding carboxylic acids is 3. The van der Waals surface area contributed by atoms with Gasteiger partial charge in [-0.2, -0.15) is 0 Å². The van der Waals surface area contributed by atoms with Crippen molar-refractivity contribution in [2.45, 2.75) is 53.0 Å². The zero-order chi connectivity index (χ0) is 20.0. The molecule has 2 N–H and O–H groups in total. The van der Waals surface area contributed by atoms with Crippen molar-refractivity contribution in [2.75, 3.05) is 18.4 Å². The molecule has 1 aromatic rings. The van der Waals surface area contributed by atoms with E-state index in [1.807, 2.05) is 27.7 Å². The van der Waals surface area contributed by atoms with Gasteiger partial charge in [-0.25, -0.2) is 4.98 Å². The van der Waals surface area contributed by atoms with E-state index >= 15 is 0 Å². The molecule has 1 fully saturated rings. The van der Waals surface area contributed by atoms with Crippen molar-refractivity contribution in [2.24, 2.45) is 17.8 Å². The molecule has 2 heterocycles. The Hall–Kier alpha value is -1.96. The third-order valence-corrected chi connectivity index (χ3v) is 5.30. The first kappa shape index (κ1) is 21.3. The minimum atomic E-state index is -0.558. The highest BCUT2D eigenvalue weighted by atomic mass is 32.1. The van der Waals surface area contributed by atoms with Crippen molar-refractivity contribution in [3.05, 3.63) is 11.6 Å². The Bertz CT molecular complexity index is 645. The summed E-state index contributed by atoms with van der Waals surface area (Å²) in [5, 5.41) is 8.08. The molecule has 0 aromatic carbocycles. The van der Waals surface area contributed by atoms with Gasteiger partial charge in [-0.1, -0.05) is 27.7 Å². The predicted octanol–water partition coefficient (Wildman–Crippen LogP) is 2.51. The van der Waals surface area contributed by atoms with Gasteiger partial charge in [0.25, 0.3) is 0 Å². The van der Waals surface area contributed by atoms with E-state index < -0.39 is 6.04 Å². The second-order valence-electron chi connectivity index (χ2n) is 7.84. The lowest BCUT2D eigenvalue weighted by Gasteiger charge is -2.35. The van der Waals surface area contributed by atoms with E-state index in [9.17, 15) is 14.4 Å². The second kappa shape index (κ2) is 9.82. The molecule has 8 heteroatoms. The number of nitrogens with zero attached hydrogens (tertiary/aromatic N) is 2. The topological polar surface area (TPSA) is 91.4 Å². The van der Waals surface area contributed by atoms with Gasteiger partial charge in [0.15, 0.2) is 5.13 Å². The zero-order valence-corrected chi connectivity index (χ0v) is 17.3. The quantitative estimate of drug-likeness (QED) is 0.743. The zero-order valence-electron chi connectivity index (χ0n) is 16.5. The first-order valence-electron chi connectivity index (χ1n) is 9.56. The first-order valence-corrected chi connectivity index (χ1v) is 10.4. The molecule has 0 bridgehead atoms. The number of likely N-dealkylation sites (tertiary alicyclic amines) is 1. The second-order valence-corrected chi connectivity index (χ2v) is 8.73. The highest BCUT2D eigenvalue weighted by molar-refractivity contribution is 7.13. The summed E-state index contributed by atoms with van der Waals surface area (Å²) in [6, 6.07) is -0.558. The lowest BCUT2D eigenvalue weighted by molar-refractivity contribution is -0.140. The van der Waals surface area contributed by atoms with Crippen LogP contribution in [0.4, 0.5) is 5.13 Å². The van der Waals surface area contributed by atoms with Crippen LogP contribution < -0.4 is 10.6 Å². The molecule has 3 amide bonds. The molecule has 0 spiro atoms. The minimum absolute atomic E-state index is 0.0156. The monoisotopic (exact) mass is 394 g/mol. The molecule has 7 nitrogen and oxygen atoms in total. The Kier molecular flexibility index (Phi) is 7.77. The summed E-state index contributed by atoms with van der Waals surface area (Å²) >= 11 is 1.37. The number of thiazole rings is 1. The number of nitrogens with one attached hydrogen (secondary N) is 2. The molecule has 1 aliphatic heterocycles. The maximum atomic E-state index is 13.0. The van der Waals surface area contributed by atoms with Crippen LogP contribution in [0.15, 0.2) is 11.6 Å². The molecule has 2 rings (SSSR count). The maximum Gasteiger partial charge on any atom is 0.245 e. The molecule has 0 aliphatic carbocycles. The fourth-order valence-electron chi connectivity index (χ4n) is 3.20. The van der Waals surface area contributed by atoms with Crippen LogP contribution in [0.25, 0.3) is 0 Å². The molecule has 150 valence electrons. The van der Waals surface area contributed by atoms with E-state index in [1.54, 1.807) is 16.5 Å². The lowest BCUT2D eigenvalue weighted by atomic mass is 9.95. The van der Waals surface area contributed by atoms with Gasteiger partial charge in [0.2, 0.25) is 17.7 Å². The van der Waals surface area contributed by atoms with Gasteiger partial charge in [-0.15, -0.1) is 11.3 Å². The number of anilines is 1. The van der Waals surface area contributed by atoms with Gasteiger partial charge in [-0.3, -0.25) is 14.4 Å². The average Bonchev–Trinajstić information content (AvgIpc) is 3.11. The van der Waals surface area contributed by atoms with E-state index in [2.05, 4.69) is 15.6 Å². The highest BCUT2D eigenvalue weighted by Crippen LogP contribution is 2.21. The molecule has 1 aromatic heterocycles. The van der Waals surface area contributed by atoms with Gasteiger partial charge < -0.3 is 15.5 Å². The standard InChI is InChI=1S/C19H30N4O3S/c1-12(2)10-15(24)21-16(13(3)4)18(26)23-8-5-6-14(11-23)17(25)22-19-20-7-9-27-19/h7,9,12-14,16H,5-6,8,10-11H2,1-4H3,(H,21,24)(H,20,22,25). The van der Waals surface area contributed by atoms with Gasteiger partial charge in [0, 0.05) is 31.1 Å². The van der Waals surface area contributed by atoms with Crippen molar-refractivity contribution >= 4 is 34.2 Å². The van der Waals surface area contributed by atoms with Crippen molar-refractivity contribution < 1.29 is 14.4 Å². The van der Waals surface area contributed by atoms with Gasteiger partial charge >= 0.3 is 0 Å². The summed E-state index contributed by atoms with van der Waals surface area (Å²) in [5.41, 5.74) is 0. The van der Waals surface area contributed by atoms with Gasteiger partial charge in [-0.05, 0) is 24.7 Å². The number of amides is 3. The van der Waals surface area contributed by atoms with Crippen LogP contribution in [0, 0.1) is 17.8 Å². The largest absolute Gasteiger partial charge is 0.344 e. The van der Waals surface area contributed by atoms with E-state index in [0.29, 0.717) is 24.6 Å². The number of aromatic nitrogens is 1. The molecule has 0 saturated carbocycles. The van der Waals surface area contributed by atoms with E-state index in [4.69, 9.17) is 0 Å².